The van der Waals surface area contributed by atoms with E-state index in [2.05, 4.69) is 246 Å². The van der Waals surface area contributed by atoms with Crippen LogP contribution in [0.15, 0.2) is 174 Å². The van der Waals surface area contributed by atoms with Crippen molar-refractivity contribution in [2.24, 2.45) is 0 Å². The number of fused-ring (bicyclic) bond motifs is 6. The first-order valence-corrected chi connectivity index (χ1v) is 28.7. The first-order valence-electron chi connectivity index (χ1n) is 23.9. The van der Waals surface area contributed by atoms with Crippen molar-refractivity contribution in [3.63, 3.8) is 0 Å². The van der Waals surface area contributed by atoms with Gasteiger partial charge in [0.25, 0.3) is 10.1 Å². The summed E-state index contributed by atoms with van der Waals surface area (Å²) in [5, 5.41) is 4.90. The molecule has 0 bridgehead atoms. The van der Waals surface area contributed by atoms with Crippen molar-refractivity contribution in [1.29, 1.82) is 0 Å². The van der Waals surface area contributed by atoms with E-state index in [1.807, 2.05) is 0 Å². The van der Waals surface area contributed by atoms with Crippen LogP contribution < -0.4 is 9.80 Å². The molecule has 6 aromatic rings. The summed E-state index contributed by atoms with van der Waals surface area (Å²) >= 11 is 14.9. The molecule has 0 atom stereocenters. The van der Waals surface area contributed by atoms with Crippen LogP contribution in [0.25, 0.3) is 21.5 Å². The summed E-state index contributed by atoms with van der Waals surface area (Å²) in [6.07, 6.45) is 15.6. The second-order valence-electron chi connectivity index (χ2n) is 19.5. The van der Waals surface area contributed by atoms with Crippen molar-refractivity contribution >= 4 is 124 Å². The van der Waals surface area contributed by atoms with Gasteiger partial charge in [0.15, 0.2) is 5.71 Å². The van der Waals surface area contributed by atoms with E-state index in [9.17, 15) is 13.0 Å². The minimum Gasteiger partial charge on any atom is -0.344 e. The molecule has 9 rings (SSSR count). The van der Waals surface area contributed by atoms with E-state index in [0.29, 0.717) is 19.4 Å². The summed E-state index contributed by atoms with van der Waals surface area (Å²) in [5.41, 5.74) is 12.7. The van der Waals surface area contributed by atoms with Crippen LogP contribution in [-0.4, -0.2) is 42.1 Å². The Morgan fingerprint density at radius 1 is 0.667 bits per heavy atom. The number of allylic oxidation sites excluding steroid dienone is 7. The van der Waals surface area contributed by atoms with Crippen LogP contribution in [-0.2, 0) is 20.9 Å². The average Bonchev–Trinajstić information content (AvgIpc) is 3.87. The van der Waals surface area contributed by atoms with Crippen molar-refractivity contribution < 1.29 is 17.5 Å². The molecule has 0 radical (unpaired) electrons. The minimum absolute atomic E-state index is 0.251. The van der Waals surface area contributed by atoms with Crippen molar-refractivity contribution in [2.45, 2.75) is 90.4 Å². The number of unbranched alkanes of at least 4 members (excludes halogenated alkanes) is 3. The Balaban J connectivity index is 1.22. The van der Waals surface area contributed by atoms with Gasteiger partial charge in [-0.05, 0) is 175 Å². The Labute approximate surface area is 441 Å². The summed E-state index contributed by atoms with van der Waals surface area (Å²) < 4.78 is 39.9. The summed E-state index contributed by atoms with van der Waals surface area (Å²) in [7, 11) is -4.06. The second kappa shape index (κ2) is 20.2. The maximum absolute atomic E-state index is 11.8. The molecule has 0 unspecified atom stereocenters. The fraction of sp³-hybridized carbons (Fsp3) is 0.293. The van der Waals surface area contributed by atoms with Crippen LogP contribution in [0.4, 0.5) is 22.7 Å². The predicted molar refractivity (Wildman–Crippen MR) is 304 cm³/mol. The normalized spacial score (nSPS) is 17.7. The topological polar surface area (TPSA) is 63.9 Å². The Morgan fingerprint density at radius 3 is 1.87 bits per heavy atom. The predicted octanol–water partition coefficient (Wildman–Crippen LogP) is 17.3. The van der Waals surface area contributed by atoms with Crippen LogP contribution in [0.3, 0.4) is 0 Å². The maximum atomic E-state index is 11.8. The molecule has 356 valence electrons. The largest absolute Gasteiger partial charge is 0.344 e. The van der Waals surface area contributed by atoms with E-state index in [0.717, 1.165) is 84.0 Å². The Kier molecular flexibility index (Phi) is 14.6. The standard InChI is InChI=1S/C58H57Br4N3O3S/c1-6-7-8-33-63-50-29-13-40-36-44(61)21-27-48(40)54(50)57(2,3)52(63)31-15-38-11-12-39(56(38)65(46-23-17-42(59)18-24-46)47-25-19-43(60)20-26-47)16-32-53-58(4,5)55-49-28-22-45(62)37-41(49)14-30-51(55)64(53)34-9-10-35-69(66,67)68/h13-32,36-37H,6-12,33-35H2,1-5H3/p+1. The smallest absolute Gasteiger partial charge is 0.264 e. The number of benzene rings is 6. The number of hydrogen-bond donors (Lipinski definition) is 1. The van der Waals surface area contributed by atoms with E-state index in [-0.39, 0.29) is 16.6 Å². The second-order valence-corrected chi connectivity index (χ2v) is 24.8. The van der Waals surface area contributed by atoms with E-state index in [1.54, 1.807) is 0 Å². The number of anilines is 3. The van der Waals surface area contributed by atoms with Crippen LogP contribution in [0.1, 0.15) is 90.7 Å². The molecule has 6 aromatic carbocycles. The van der Waals surface area contributed by atoms with Gasteiger partial charge in [0.2, 0.25) is 5.69 Å². The minimum atomic E-state index is -4.06. The van der Waals surface area contributed by atoms with Crippen molar-refractivity contribution in [3.8, 4) is 0 Å². The van der Waals surface area contributed by atoms with E-state index in [1.165, 1.54) is 56.3 Å². The van der Waals surface area contributed by atoms with Crippen molar-refractivity contribution in [3.05, 3.63) is 185 Å². The first-order chi connectivity index (χ1) is 33.0. The molecule has 2 aliphatic heterocycles. The molecule has 2 heterocycles. The third-order valence-electron chi connectivity index (χ3n) is 14.2. The Bertz CT molecular complexity index is 3210. The lowest BCUT2D eigenvalue weighted by Crippen LogP contribution is -2.28. The molecule has 3 aliphatic rings. The average molecular weight is 1200 g/mol. The molecular weight excluding hydrogens is 1140 g/mol. The van der Waals surface area contributed by atoms with Gasteiger partial charge in [-0.1, -0.05) is 121 Å². The summed E-state index contributed by atoms with van der Waals surface area (Å²) in [5.74, 6) is -0.258. The van der Waals surface area contributed by atoms with Gasteiger partial charge in [0.1, 0.15) is 6.54 Å². The quantitative estimate of drug-likeness (QED) is 0.0631. The fourth-order valence-corrected chi connectivity index (χ4v) is 12.8. The zero-order valence-electron chi connectivity index (χ0n) is 39.8. The fourth-order valence-electron chi connectivity index (χ4n) is 11.0. The third kappa shape index (κ3) is 10.1. The highest BCUT2D eigenvalue weighted by molar-refractivity contribution is 9.11. The van der Waals surface area contributed by atoms with Crippen molar-refractivity contribution in [2.75, 3.05) is 28.6 Å². The molecule has 0 saturated carbocycles. The maximum Gasteiger partial charge on any atom is 0.264 e. The molecule has 1 aliphatic carbocycles. The zero-order chi connectivity index (χ0) is 48.8. The molecule has 0 aromatic heterocycles. The van der Waals surface area contributed by atoms with Gasteiger partial charge in [0, 0.05) is 76.7 Å². The Morgan fingerprint density at radius 2 is 1.26 bits per heavy atom. The van der Waals surface area contributed by atoms with E-state index in [4.69, 9.17) is 0 Å². The SMILES string of the molecule is CCCCC[N+]1=C(/C=C/C2=C(N(c3ccc(Br)cc3)c3ccc(Br)cc3)C(=C/C=C3/N(CCCCS(=O)(=O)O)c4ccc5cc(Br)ccc5c4C3(C)C)/CC2)C(C)(C)c2c1ccc1cc(Br)ccc21. The summed E-state index contributed by atoms with van der Waals surface area (Å²) in [6.45, 7) is 13.2. The molecule has 0 fully saturated rings. The molecule has 69 heavy (non-hydrogen) atoms. The molecule has 6 nitrogen and oxygen atoms in total. The van der Waals surface area contributed by atoms with Gasteiger partial charge in [-0.3, -0.25) is 4.55 Å². The summed E-state index contributed by atoms with van der Waals surface area (Å²) in [6, 6.07) is 39.4. The molecule has 0 saturated heterocycles. The number of rotatable bonds is 15. The molecular formula is C58H58Br4N3O3S+. The summed E-state index contributed by atoms with van der Waals surface area (Å²) in [4.78, 5) is 4.80. The van der Waals surface area contributed by atoms with Gasteiger partial charge in [0.05, 0.1) is 16.9 Å². The van der Waals surface area contributed by atoms with Crippen LogP contribution in [0.2, 0.25) is 0 Å². The zero-order valence-corrected chi connectivity index (χ0v) is 47.0. The van der Waals surface area contributed by atoms with Gasteiger partial charge < -0.3 is 9.80 Å². The lowest BCUT2D eigenvalue weighted by atomic mass is 9.79. The van der Waals surface area contributed by atoms with Crippen LogP contribution in [0, 0.1) is 0 Å². The molecule has 0 amide bonds. The van der Waals surface area contributed by atoms with E-state index < -0.39 is 10.1 Å². The Hall–Kier alpha value is -4.10. The monoisotopic (exact) mass is 1190 g/mol. The highest BCUT2D eigenvalue weighted by atomic mass is 79.9. The van der Waals surface area contributed by atoms with Gasteiger partial charge >= 0.3 is 0 Å². The number of nitrogens with zero attached hydrogens (tertiary/aromatic N) is 3. The lowest BCUT2D eigenvalue weighted by Gasteiger charge is -2.29. The highest BCUT2D eigenvalue weighted by Gasteiger charge is 2.46. The lowest BCUT2D eigenvalue weighted by molar-refractivity contribution is -0.438. The van der Waals surface area contributed by atoms with Gasteiger partial charge in [-0.25, -0.2) is 0 Å². The molecule has 0 spiro atoms. The van der Waals surface area contributed by atoms with Crippen LogP contribution >= 0.6 is 63.7 Å². The number of halogens is 4. The van der Waals surface area contributed by atoms with Crippen molar-refractivity contribution in [1.82, 2.24) is 0 Å². The molecule has 1 N–H and O–H groups in total. The van der Waals surface area contributed by atoms with Gasteiger partial charge in [-0.15, -0.1) is 0 Å². The highest BCUT2D eigenvalue weighted by Crippen LogP contribution is 2.52. The van der Waals surface area contributed by atoms with Crippen LogP contribution in [0.5, 0.6) is 0 Å². The van der Waals surface area contributed by atoms with Gasteiger partial charge in [-0.2, -0.15) is 13.0 Å². The van der Waals surface area contributed by atoms with E-state index >= 15 is 0 Å². The first kappa shape index (κ1) is 49.9. The number of hydrogen-bond acceptors (Lipinski definition) is 4. The molecule has 11 heteroatoms. The third-order valence-corrected chi connectivity index (χ3v) is 17.0.